The average molecular weight is 791 g/mol. The zero-order valence-corrected chi connectivity index (χ0v) is 36.7. The van der Waals surface area contributed by atoms with Crippen LogP contribution in [0.3, 0.4) is 0 Å². The van der Waals surface area contributed by atoms with Gasteiger partial charge in [0.1, 0.15) is 39.6 Å². The van der Waals surface area contributed by atoms with Crippen molar-refractivity contribution in [1.29, 1.82) is 0 Å². The van der Waals surface area contributed by atoms with Gasteiger partial charge in [0, 0.05) is 25.0 Å². The van der Waals surface area contributed by atoms with Gasteiger partial charge in [-0.2, -0.15) is 0 Å². The van der Waals surface area contributed by atoms with E-state index in [0.717, 1.165) is 119 Å². The van der Waals surface area contributed by atoms with Gasteiger partial charge in [-0.3, -0.25) is 0 Å². The van der Waals surface area contributed by atoms with Crippen LogP contribution < -0.4 is 18.9 Å². The van der Waals surface area contributed by atoms with Crippen LogP contribution in [0.15, 0.2) is 48.5 Å². The summed E-state index contributed by atoms with van der Waals surface area (Å²) in [6, 6.07) is 16.8. The summed E-state index contributed by atoms with van der Waals surface area (Å²) in [7, 11) is 0. The average Bonchev–Trinajstić information content (AvgIpc) is 3.14. The molecule has 58 heavy (non-hydrogen) atoms. The van der Waals surface area contributed by atoms with Gasteiger partial charge in [0.05, 0.1) is 11.1 Å². The number of rotatable bonds is 8. The quantitative estimate of drug-likeness (QED) is 0.129. The van der Waals surface area contributed by atoms with Crippen LogP contribution in [-0.4, -0.2) is 24.5 Å². The molecule has 0 unspecified atom stereocenters. The Balaban J connectivity index is 0.000000188. The number of cyclic esters (lactones) is 2. The van der Waals surface area contributed by atoms with Gasteiger partial charge in [0.2, 0.25) is 12.6 Å². The summed E-state index contributed by atoms with van der Waals surface area (Å²) in [6.45, 7) is 24.3. The molecule has 0 spiro atoms. The molecule has 0 aliphatic carbocycles. The van der Waals surface area contributed by atoms with E-state index in [-0.39, 0.29) is 18.7 Å². The van der Waals surface area contributed by atoms with Crippen molar-refractivity contribution in [2.24, 2.45) is 0 Å². The number of carbonyl (C=O) groups excluding carboxylic acids is 2. The van der Waals surface area contributed by atoms with Gasteiger partial charge in [-0.1, -0.05) is 101 Å². The van der Waals surface area contributed by atoms with E-state index in [9.17, 15) is 9.59 Å². The highest BCUT2D eigenvalue weighted by atomic mass is 16.7. The van der Waals surface area contributed by atoms with Crippen molar-refractivity contribution in [2.45, 2.75) is 151 Å². The van der Waals surface area contributed by atoms with Crippen LogP contribution in [0.4, 0.5) is 0 Å². The van der Waals surface area contributed by atoms with Crippen LogP contribution in [0.1, 0.15) is 162 Å². The predicted octanol–water partition coefficient (Wildman–Crippen LogP) is 12.9. The zero-order valence-electron chi connectivity index (χ0n) is 36.7. The largest absolute Gasteiger partial charge is 0.482 e. The first-order valence-electron chi connectivity index (χ1n) is 21.3. The molecule has 8 rings (SSSR count). The number of aryl methyl sites for hydroxylation is 4. The Morgan fingerprint density at radius 2 is 1.00 bits per heavy atom. The lowest BCUT2D eigenvalue weighted by molar-refractivity contribution is -0.127. The minimum atomic E-state index is -1.02. The fourth-order valence-electron chi connectivity index (χ4n) is 8.46. The maximum Gasteiger partial charge on any atom is 0.345 e. The van der Waals surface area contributed by atoms with Crippen molar-refractivity contribution in [3.63, 3.8) is 0 Å². The van der Waals surface area contributed by atoms with E-state index in [1.807, 2.05) is 26.0 Å². The molecule has 0 saturated carbocycles. The van der Waals surface area contributed by atoms with Crippen molar-refractivity contribution < 1.29 is 38.0 Å². The normalized spacial score (nSPS) is 16.7. The van der Waals surface area contributed by atoms with Crippen LogP contribution in [0.5, 0.6) is 23.0 Å². The Hall–Kier alpha value is -4.98. The van der Waals surface area contributed by atoms with Gasteiger partial charge in [-0.15, -0.1) is 0 Å². The number of hydrogen-bond acceptors (Lipinski definition) is 8. The fraction of sp³-hybridized carbons (Fsp3) is 0.480. The molecule has 4 heterocycles. The van der Waals surface area contributed by atoms with Crippen molar-refractivity contribution in [3.05, 3.63) is 93.0 Å². The van der Waals surface area contributed by atoms with Gasteiger partial charge >= 0.3 is 11.9 Å². The summed E-state index contributed by atoms with van der Waals surface area (Å²) in [5, 5.41) is 0. The lowest BCUT2D eigenvalue weighted by atomic mass is 9.83. The van der Waals surface area contributed by atoms with Gasteiger partial charge in [-0.05, 0) is 102 Å². The van der Waals surface area contributed by atoms with E-state index >= 15 is 0 Å². The lowest BCUT2D eigenvalue weighted by Crippen LogP contribution is -2.40. The Bertz CT molecular complexity index is 2210. The maximum atomic E-state index is 13.0. The van der Waals surface area contributed by atoms with Crippen LogP contribution >= 0.6 is 0 Å². The molecule has 0 fully saturated rings. The number of benzene rings is 4. The topological polar surface area (TPSA) is 89.5 Å². The van der Waals surface area contributed by atoms with Gasteiger partial charge in [0.15, 0.2) is 5.75 Å². The molecule has 8 heteroatoms. The molecule has 0 bridgehead atoms. The second-order valence-corrected chi connectivity index (χ2v) is 17.0. The first-order valence-corrected chi connectivity index (χ1v) is 21.3. The summed E-state index contributed by atoms with van der Waals surface area (Å²) in [5.74, 6) is 1.14. The van der Waals surface area contributed by atoms with Gasteiger partial charge in [0.25, 0.3) is 0 Å². The molecule has 4 aliphatic heterocycles. The smallest absolute Gasteiger partial charge is 0.345 e. The van der Waals surface area contributed by atoms with Crippen molar-refractivity contribution in [3.8, 4) is 45.3 Å². The van der Waals surface area contributed by atoms with E-state index in [2.05, 4.69) is 91.8 Å². The monoisotopic (exact) mass is 790 g/mol. The first kappa shape index (κ1) is 42.6. The molecule has 0 aromatic heterocycles. The van der Waals surface area contributed by atoms with E-state index in [0.29, 0.717) is 22.6 Å². The summed E-state index contributed by atoms with van der Waals surface area (Å²) in [6.07, 6.45) is 8.13. The highest BCUT2D eigenvalue weighted by Gasteiger charge is 2.43. The molecule has 0 amide bonds. The molecule has 0 N–H and O–H groups in total. The number of esters is 2. The summed E-state index contributed by atoms with van der Waals surface area (Å²) in [5.41, 5.74) is 10.5. The van der Waals surface area contributed by atoms with E-state index in [1.54, 1.807) is 13.8 Å². The molecular formula is C50H62O8. The van der Waals surface area contributed by atoms with Crippen molar-refractivity contribution in [2.75, 3.05) is 6.79 Å². The van der Waals surface area contributed by atoms with Crippen LogP contribution in [0, 0.1) is 13.8 Å². The van der Waals surface area contributed by atoms with Crippen molar-refractivity contribution in [1.82, 2.24) is 0 Å². The second kappa shape index (κ2) is 16.7. The fourth-order valence-corrected chi connectivity index (χ4v) is 8.46. The highest BCUT2D eigenvalue weighted by molar-refractivity contribution is 6.01. The zero-order chi connectivity index (χ0) is 42.2. The first-order chi connectivity index (χ1) is 27.5. The molecule has 0 saturated heterocycles. The minimum absolute atomic E-state index is 0.0543. The van der Waals surface area contributed by atoms with Gasteiger partial charge in [-0.25, -0.2) is 9.59 Å². The third-order valence-electron chi connectivity index (χ3n) is 11.2. The van der Waals surface area contributed by atoms with Crippen molar-refractivity contribution >= 4 is 11.9 Å². The third-order valence-corrected chi connectivity index (χ3v) is 11.2. The predicted molar refractivity (Wildman–Crippen MR) is 229 cm³/mol. The Morgan fingerprint density at radius 3 is 1.48 bits per heavy atom. The molecule has 4 aliphatic rings. The molecule has 8 nitrogen and oxygen atoms in total. The number of carbonyl (C=O) groups is 2. The molecule has 4 aromatic carbocycles. The third kappa shape index (κ3) is 8.17. The van der Waals surface area contributed by atoms with E-state index < -0.39 is 17.0 Å². The summed E-state index contributed by atoms with van der Waals surface area (Å²) >= 11 is 0. The van der Waals surface area contributed by atoms with Crippen LogP contribution in [-0.2, 0) is 33.5 Å². The Kier molecular flexibility index (Phi) is 12.3. The lowest BCUT2D eigenvalue weighted by Gasteiger charge is -2.39. The standard InChI is InChI=1S/C25H30O4.C23H26O4.C2H6/c1-7-8-9-10-16-14-19-21(22-20(16)23(26)29-25(5,6)28-22)17-13-15(2)11-12-18(17)24(3,4)27-19;1-5-6-7-8-15-12-18-20(21-19(15)22(24)26-13-25-21)16-11-14(2)9-10-17(16)23(3,4)27-18;1-2/h11-14H,7-10H2,1-6H3;9-12H,5-8,13H2,1-4H3;1-2H3. The van der Waals surface area contributed by atoms with Gasteiger partial charge < -0.3 is 28.4 Å². The SMILES string of the molecule is CC.CCCCCc1cc2c(c3c1C(=O)OC(C)(C)O3)-c1cc(C)ccc1C(C)(C)O2.CCCCCc1cc2c(c3c1C(=O)OCO3)-c1cc(C)ccc1C(C)(C)O2. The number of hydrogen-bond donors (Lipinski definition) is 0. The maximum absolute atomic E-state index is 13.0. The van der Waals surface area contributed by atoms with Crippen LogP contribution in [0.25, 0.3) is 22.3 Å². The Labute approximate surface area is 345 Å². The number of ether oxygens (including phenoxy) is 6. The highest BCUT2D eigenvalue weighted by Crippen LogP contribution is 2.55. The summed E-state index contributed by atoms with van der Waals surface area (Å²) < 4.78 is 35.8. The minimum Gasteiger partial charge on any atom is -0.482 e. The Morgan fingerprint density at radius 1 is 0.534 bits per heavy atom. The van der Waals surface area contributed by atoms with Crippen LogP contribution in [0.2, 0.25) is 0 Å². The second-order valence-electron chi connectivity index (χ2n) is 17.0. The number of fused-ring (bicyclic) bond motifs is 10. The summed E-state index contributed by atoms with van der Waals surface area (Å²) in [4.78, 5) is 25.6. The van der Waals surface area contributed by atoms with E-state index in [4.69, 9.17) is 28.4 Å². The molecule has 0 radical (unpaired) electrons. The molecule has 310 valence electrons. The molecule has 4 aromatic rings. The molecule has 0 atom stereocenters. The van der Waals surface area contributed by atoms with E-state index in [1.165, 1.54) is 0 Å². The molecular weight excluding hydrogens is 729 g/mol. The number of unbranched alkanes of at least 4 members (excludes halogenated alkanes) is 4.